The molecule has 5 nitrogen and oxygen atoms in total. The van der Waals surface area contributed by atoms with Crippen LogP contribution in [0.15, 0.2) is 72.7 Å². The van der Waals surface area contributed by atoms with Crippen molar-refractivity contribution >= 4 is 29.2 Å². The highest BCUT2D eigenvalue weighted by atomic mass is 19.4. The minimum absolute atomic E-state index is 0.00449. The van der Waals surface area contributed by atoms with Crippen molar-refractivity contribution in [3.8, 4) is 0 Å². The van der Waals surface area contributed by atoms with E-state index < -0.39 is 11.7 Å². The van der Waals surface area contributed by atoms with Gasteiger partial charge >= 0.3 is 6.18 Å². The summed E-state index contributed by atoms with van der Waals surface area (Å²) in [6, 6.07) is 13.7. The van der Waals surface area contributed by atoms with E-state index in [1.54, 1.807) is 18.5 Å². The number of alkyl halides is 3. The molecule has 1 aromatic carbocycles. The Labute approximate surface area is 201 Å². The van der Waals surface area contributed by atoms with E-state index in [1.165, 1.54) is 11.6 Å². The lowest BCUT2D eigenvalue weighted by molar-refractivity contribution is -0.137. The summed E-state index contributed by atoms with van der Waals surface area (Å²) in [6.07, 6.45) is 5.82. The summed E-state index contributed by atoms with van der Waals surface area (Å²) in [5, 5.41) is 6.08. The summed E-state index contributed by atoms with van der Waals surface area (Å²) < 4.78 is 38.3. The molecule has 3 aliphatic carbocycles. The number of allylic oxidation sites excluding steroid dienone is 1. The first-order valence-corrected chi connectivity index (χ1v) is 11.7. The van der Waals surface area contributed by atoms with Gasteiger partial charge in [0.05, 0.1) is 17.4 Å². The average Bonchev–Trinajstić information content (AvgIpc) is 2.85. The van der Waals surface area contributed by atoms with Crippen molar-refractivity contribution in [3.63, 3.8) is 0 Å². The number of pyridine rings is 2. The van der Waals surface area contributed by atoms with Crippen molar-refractivity contribution in [2.45, 2.75) is 31.9 Å². The number of hydrogen-bond acceptors (Lipinski definition) is 4. The van der Waals surface area contributed by atoms with E-state index in [-0.39, 0.29) is 11.8 Å². The van der Waals surface area contributed by atoms with Gasteiger partial charge in [-0.1, -0.05) is 23.8 Å². The number of nitrogens with one attached hydrogen (secondary N) is 2. The zero-order valence-electron chi connectivity index (χ0n) is 18.9. The van der Waals surface area contributed by atoms with Crippen LogP contribution in [0.25, 0.3) is 6.08 Å². The van der Waals surface area contributed by atoms with Crippen molar-refractivity contribution in [1.82, 2.24) is 9.97 Å². The molecule has 3 saturated carbocycles. The molecule has 8 heteroatoms. The fraction of sp³-hybridized carbons (Fsp3) is 0.296. The molecule has 3 aliphatic rings. The molecular weight excluding hydrogens is 453 g/mol. The van der Waals surface area contributed by atoms with Crippen LogP contribution in [0.4, 0.5) is 30.4 Å². The summed E-state index contributed by atoms with van der Waals surface area (Å²) in [5.41, 5.74) is 3.07. The second-order valence-electron chi connectivity index (χ2n) is 9.21. The van der Waals surface area contributed by atoms with Gasteiger partial charge in [0.15, 0.2) is 0 Å². The summed E-state index contributed by atoms with van der Waals surface area (Å²) >= 11 is 0. The first kappa shape index (κ1) is 23.1. The van der Waals surface area contributed by atoms with Crippen molar-refractivity contribution < 1.29 is 18.0 Å². The topological polar surface area (TPSA) is 66.9 Å². The van der Waals surface area contributed by atoms with Crippen LogP contribution in [-0.4, -0.2) is 15.9 Å². The first-order valence-electron chi connectivity index (χ1n) is 11.7. The lowest BCUT2D eigenvalue weighted by atomic mass is 9.62. The van der Waals surface area contributed by atoms with Gasteiger partial charge in [0, 0.05) is 24.0 Å². The number of halogens is 3. The highest BCUT2D eigenvalue weighted by Gasteiger charge is 2.41. The van der Waals surface area contributed by atoms with E-state index in [9.17, 15) is 18.0 Å². The summed E-state index contributed by atoms with van der Waals surface area (Å²) in [6.45, 7) is 0. The van der Waals surface area contributed by atoms with E-state index in [4.69, 9.17) is 0 Å². The lowest BCUT2D eigenvalue weighted by Crippen LogP contribution is -2.39. The van der Waals surface area contributed by atoms with Gasteiger partial charge in [-0.3, -0.25) is 9.78 Å². The summed E-state index contributed by atoms with van der Waals surface area (Å²) in [7, 11) is 0. The number of aromatic nitrogens is 2. The Morgan fingerprint density at radius 1 is 1.03 bits per heavy atom. The Balaban J connectivity index is 1.25. The molecule has 2 N–H and O–H groups in total. The Morgan fingerprint density at radius 3 is 2.57 bits per heavy atom. The summed E-state index contributed by atoms with van der Waals surface area (Å²) in [4.78, 5) is 20.8. The molecule has 180 valence electrons. The normalized spacial score (nSPS) is 22.7. The third-order valence-corrected chi connectivity index (χ3v) is 6.88. The zero-order valence-corrected chi connectivity index (χ0v) is 18.9. The molecule has 3 aromatic rings. The first-order chi connectivity index (χ1) is 16.8. The number of rotatable bonds is 5. The van der Waals surface area contributed by atoms with Gasteiger partial charge in [-0.2, -0.15) is 13.2 Å². The fourth-order valence-electron chi connectivity index (χ4n) is 5.16. The van der Waals surface area contributed by atoms with Gasteiger partial charge < -0.3 is 10.6 Å². The number of amides is 1. The monoisotopic (exact) mass is 478 g/mol. The predicted molar refractivity (Wildman–Crippen MR) is 129 cm³/mol. The van der Waals surface area contributed by atoms with Crippen molar-refractivity contribution in [2.75, 3.05) is 10.6 Å². The van der Waals surface area contributed by atoms with Crippen LogP contribution in [0.2, 0.25) is 0 Å². The van der Waals surface area contributed by atoms with E-state index in [0.29, 0.717) is 17.7 Å². The standard InChI is InChI=1S/C27H25F3N4O/c28-27(29,30)21-8-9-25(32-15-21)33-22-4-1-3-17(12-22)11-20-13-19-7-6-18(20)14-24(19)26(35)34-23-5-2-10-31-16-23/h1-5,8-12,15-16,18-19,24H,6-7,13-14H2,(H,32,33)(H,34,35). The van der Waals surface area contributed by atoms with Crippen LogP contribution < -0.4 is 10.6 Å². The summed E-state index contributed by atoms with van der Waals surface area (Å²) in [5.74, 6) is 1.12. The fourth-order valence-corrected chi connectivity index (χ4v) is 5.16. The molecule has 2 bridgehead atoms. The molecule has 1 amide bonds. The minimum Gasteiger partial charge on any atom is -0.340 e. The van der Waals surface area contributed by atoms with Gasteiger partial charge in [0.2, 0.25) is 5.91 Å². The Morgan fingerprint density at radius 2 is 1.89 bits per heavy atom. The van der Waals surface area contributed by atoms with Crippen LogP contribution in [0.1, 0.15) is 36.8 Å². The van der Waals surface area contributed by atoms with Crippen LogP contribution in [0.3, 0.4) is 0 Å². The molecule has 3 fully saturated rings. The smallest absolute Gasteiger partial charge is 0.340 e. The Kier molecular flexibility index (Phi) is 6.28. The third-order valence-electron chi connectivity index (χ3n) is 6.88. The highest BCUT2D eigenvalue weighted by molar-refractivity contribution is 5.92. The van der Waals surface area contributed by atoms with Crippen LogP contribution in [0.5, 0.6) is 0 Å². The molecule has 0 saturated heterocycles. The van der Waals surface area contributed by atoms with E-state index in [1.807, 2.05) is 30.3 Å². The number of fused-ring (bicyclic) bond motifs is 3. The van der Waals surface area contributed by atoms with Crippen LogP contribution in [-0.2, 0) is 11.0 Å². The largest absolute Gasteiger partial charge is 0.417 e. The second kappa shape index (κ2) is 9.52. The molecule has 6 rings (SSSR count). The molecule has 35 heavy (non-hydrogen) atoms. The lowest BCUT2D eigenvalue weighted by Gasteiger charge is -2.43. The number of carbonyl (C=O) groups is 1. The SMILES string of the molecule is O=C(Nc1cccnc1)C1CC2CCC1CC2=Cc1cccc(Nc2ccc(C(F)(F)F)cn2)c1. The van der Waals surface area contributed by atoms with Crippen molar-refractivity contribution in [3.05, 3.63) is 83.8 Å². The third kappa shape index (κ3) is 5.37. The molecule has 0 spiro atoms. The Hall–Kier alpha value is -3.68. The van der Waals surface area contributed by atoms with E-state index in [2.05, 4.69) is 26.7 Å². The van der Waals surface area contributed by atoms with Gasteiger partial charge in [-0.15, -0.1) is 0 Å². The number of nitrogens with zero attached hydrogens (tertiary/aromatic N) is 2. The van der Waals surface area contributed by atoms with Gasteiger partial charge in [-0.05, 0) is 79.5 Å². The van der Waals surface area contributed by atoms with Gasteiger partial charge in [0.25, 0.3) is 0 Å². The maximum absolute atomic E-state index is 12.9. The molecule has 2 heterocycles. The number of carbonyl (C=O) groups excluding carboxylic acids is 1. The predicted octanol–water partition coefficient (Wildman–Crippen LogP) is 6.70. The Bertz CT molecular complexity index is 1230. The zero-order chi connectivity index (χ0) is 24.4. The number of hydrogen-bond donors (Lipinski definition) is 2. The van der Waals surface area contributed by atoms with Crippen molar-refractivity contribution in [2.24, 2.45) is 17.8 Å². The molecular formula is C27H25F3N4O. The van der Waals surface area contributed by atoms with E-state index in [0.717, 1.165) is 54.9 Å². The quantitative estimate of drug-likeness (QED) is 0.428. The van der Waals surface area contributed by atoms with Gasteiger partial charge in [-0.25, -0.2) is 4.98 Å². The highest BCUT2D eigenvalue weighted by Crippen LogP contribution is 2.49. The molecule has 3 atom stereocenters. The number of benzene rings is 1. The van der Waals surface area contributed by atoms with Crippen LogP contribution in [0, 0.1) is 17.8 Å². The minimum atomic E-state index is -4.41. The van der Waals surface area contributed by atoms with E-state index >= 15 is 0 Å². The average molecular weight is 479 g/mol. The van der Waals surface area contributed by atoms with Crippen molar-refractivity contribution in [1.29, 1.82) is 0 Å². The maximum atomic E-state index is 12.9. The second-order valence-corrected chi connectivity index (χ2v) is 9.21. The molecule has 0 radical (unpaired) electrons. The maximum Gasteiger partial charge on any atom is 0.417 e. The molecule has 2 aromatic heterocycles. The van der Waals surface area contributed by atoms with Gasteiger partial charge in [0.1, 0.15) is 5.82 Å². The number of anilines is 3. The van der Waals surface area contributed by atoms with Crippen LogP contribution >= 0.6 is 0 Å². The molecule has 3 unspecified atom stereocenters. The molecule has 0 aliphatic heterocycles.